The number of aliphatic imine (C=N–C) groups is 1. The second kappa shape index (κ2) is 8.52. The fourth-order valence-electron chi connectivity index (χ4n) is 4.20. The summed E-state index contributed by atoms with van der Waals surface area (Å²) in [5.74, 6) is -0.294. The van der Waals surface area contributed by atoms with Crippen molar-refractivity contribution in [2.45, 2.75) is 43.0 Å². The Labute approximate surface area is 194 Å². The van der Waals surface area contributed by atoms with Crippen LogP contribution in [0.4, 0.5) is 15.8 Å². The smallest absolute Gasteiger partial charge is 0.269 e. The average molecular weight is 474 g/mol. The van der Waals surface area contributed by atoms with Crippen molar-refractivity contribution in [3.63, 3.8) is 0 Å². The monoisotopic (exact) mass is 473 g/mol. The molecule has 2 aromatic carbocycles. The number of benzene rings is 2. The number of thioether (sulfide) groups is 2. The molecule has 0 aromatic heterocycles. The van der Waals surface area contributed by atoms with Gasteiger partial charge < -0.3 is 4.90 Å². The summed E-state index contributed by atoms with van der Waals surface area (Å²) in [5.41, 5.74) is 1.65. The third-order valence-corrected chi connectivity index (χ3v) is 8.43. The molecular weight excluding hydrogens is 453 g/mol. The molecule has 1 aliphatic carbocycles. The number of nitrogens with zero attached hydrogens (tertiary/aromatic N) is 3. The largest absolute Gasteiger partial charge is 0.337 e. The summed E-state index contributed by atoms with van der Waals surface area (Å²) in [5, 5.41) is 2.25. The number of amidine groups is 1. The van der Waals surface area contributed by atoms with E-state index in [0.717, 1.165) is 41.3 Å². The molecule has 1 saturated carbocycles. The van der Waals surface area contributed by atoms with Crippen LogP contribution >= 0.6 is 35.1 Å². The Bertz CT molecular complexity index is 1100. The second-order valence-electron chi connectivity index (χ2n) is 7.85. The molecule has 3 aliphatic rings. The highest BCUT2D eigenvalue weighted by Gasteiger charge is 2.42. The Morgan fingerprint density at radius 2 is 1.81 bits per heavy atom. The van der Waals surface area contributed by atoms with Gasteiger partial charge in [-0.05, 0) is 67.1 Å². The maximum atomic E-state index is 13.7. The summed E-state index contributed by atoms with van der Waals surface area (Å²) in [6.07, 6.45) is 5.41. The Morgan fingerprint density at radius 3 is 2.55 bits per heavy atom. The third-order valence-electron chi connectivity index (χ3n) is 5.79. The zero-order chi connectivity index (χ0) is 21.5. The molecular formula is C23H21ClFN3OS2. The van der Waals surface area contributed by atoms with Gasteiger partial charge in [-0.1, -0.05) is 42.6 Å². The van der Waals surface area contributed by atoms with Gasteiger partial charge in [0.05, 0.1) is 16.4 Å². The van der Waals surface area contributed by atoms with E-state index in [4.69, 9.17) is 16.6 Å². The molecule has 1 amide bonds. The maximum Gasteiger partial charge on any atom is 0.269 e. The van der Waals surface area contributed by atoms with Gasteiger partial charge in [0.1, 0.15) is 10.7 Å². The fourth-order valence-corrected chi connectivity index (χ4v) is 6.75. The van der Waals surface area contributed by atoms with E-state index in [9.17, 15) is 9.18 Å². The van der Waals surface area contributed by atoms with Crippen LogP contribution in [-0.2, 0) is 4.79 Å². The topological polar surface area (TPSA) is 35.9 Å². The minimum Gasteiger partial charge on any atom is -0.337 e. The van der Waals surface area contributed by atoms with Crippen LogP contribution in [-0.4, -0.2) is 29.1 Å². The van der Waals surface area contributed by atoms with Crippen molar-refractivity contribution in [1.82, 2.24) is 4.90 Å². The lowest BCUT2D eigenvalue weighted by atomic mass is 9.94. The lowest BCUT2D eigenvalue weighted by Gasteiger charge is -2.30. The summed E-state index contributed by atoms with van der Waals surface area (Å²) in [6.45, 7) is 0. The molecule has 0 atom stereocenters. The van der Waals surface area contributed by atoms with Crippen LogP contribution in [0.1, 0.15) is 32.1 Å². The fraction of sp³-hybridized carbons (Fsp3) is 0.304. The molecule has 2 aliphatic heterocycles. The van der Waals surface area contributed by atoms with Crippen LogP contribution in [0, 0.1) is 5.82 Å². The van der Waals surface area contributed by atoms with Crippen molar-refractivity contribution in [3.05, 3.63) is 63.2 Å². The molecule has 0 N–H and O–H groups in total. The minimum absolute atomic E-state index is 0.00557. The standard InChI is InChI=1S/C23H21ClFN3OS2/c1-27-18-13-14(24)7-12-19(18)30-22(27)20-21(29)28(17-5-3-2-4-6-17)23(31-20)26-16-10-8-15(25)9-11-16/h7-13,17H,2-6H2,1H3/b22-20-,26-23?. The second-order valence-corrected chi connectivity index (χ2v) is 10.3. The van der Waals surface area contributed by atoms with E-state index >= 15 is 0 Å². The van der Waals surface area contributed by atoms with E-state index in [0.29, 0.717) is 20.8 Å². The van der Waals surface area contributed by atoms with E-state index in [-0.39, 0.29) is 17.8 Å². The lowest BCUT2D eigenvalue weighted by molar-refractivity contribution is -0.124. The molecule has 0 radical (unpaired) electrons. The Balaban J connectivity index is 1.55. The third kappa shape index (κ3) is 3.99. The van der Waals surface area contributed by atoms with Gasteiger partial charge in [0.25, 0.3) is 5.91 Å². The molecule has 0 bridgehead atoms. The van der Waals surface area contributed by atoms with Crippen molar-refractivity contribution in [1.29, 1.82) is 0 Å². The van der Waals surface area contributed by atoms with Crippen molar-refractivity contribution in [2.24, 2.45) is 4.99 Å². The van der Waals surface area contributed by atoms with Crippen molar-refractivity contribution >= 4 is 57.6 Å². The maximum absolute atomic E-state index is 13.7. The quantitative estimate of drug-likeness (QED) is 0.450. The van der Waals surface area contributed by atoms with Crippen molar-refractivity contribution in [3.8, 4) is 0 Å². The molecule has 160 valence electrons. The normalized spacial score (nSPS) is 23.2. The Morgan fingerprint density at radius 1 is 1.06 bits per heavy atom. The molecule has 0 unspecified atom stereocenters. The predicted octanol–water partition coefficient (Wildman–Crippen LogP) is 6.79. The molecule has 8 heteroatoms. The van der Waals surface area contributed by atoms with Crippen LogP contribution < -0.4 is 4.90 Å². The highest BCUT2D eigenvalue weighted by Crippen LogP contribution is 2.51. The van der Waals surface area contributed by atoms with Crippen LogP contribution in [0.25, 0.3) is 0 Å². The van der Waals surface area contributed by atoms with Crippen LogP contribution in [0.3, 0.4) is 0 Å². The van der Waals surface area contributed by atoms with Gasteiger partial charge in [-0.3, -0.25) is 9.69 Å². The van der Waals surface area contributed by atoms with Gasteiger partial charge in [-0.2, -0.15) is 0 Å². The SMILES string of the molecule is CN1/C(=C2/SC(=Nc3ccc(F)cc3)N(C3CCCCC3)C2=O)Sc2ccc(Cl)cc21. The van der Waals surface area contributed by atoms with E-state index < -0.39 is 0 Å². The molecule has 1 saturated heterocycles. The average Bonchev–Trinajstić information content (AvgIpc) is 3.26. The highest BCUT2D eigenvalue weighted by atomic mass is 35.5. The number of carbonyl (C=O) groups is 1. The highest BCUT2D eigenvalue weighted by molar-refractivity contribution is 8.19. The molecule has 31 heavy (non-hydrogen) atoms. The van der Waals surface area contributed by atoms with Crippen LogP contribution in [0.2, 0.25) is 5.02 Å². The number of amides is 1. The molecule has 2 heterocycles. The lowest BCUT2D eigenvalue weighted by Crippen LogP contribution is -2.40. The van der Waals surface area contributed by atoms with Crippen LogP contribution in [0.15, 0.2) is 62.3 Å². The number of fused-ring (bicyclic) bond motifs is 1. The number of halogens is 2. The first-order valence-electron chi connectivity index (χ1n) is 10.3. The van der Waals surface area contributed by atoms with E-state index in [1.54, 1.807) is 23.9 Å². The summed E-state index contributed by atoms with van der Waals surface area (Å²) in [7, 11) is 1.96. The van der Waals surface area contributed by atoms with Crippen LogP contribution in [0.5, 0.6) is 0 Å². The van der Waals surface area contributed by atoms with E-state index in [2.05, 4.69) is 0 Å². The zero-order valence-electron chi connectivity index (χ0n) is 17.0. The predicted molar refractivity (Wildman–Crippen MR) is 128 cm³/mol. The van der Waals surface area contributed by atoms with Crippen molar-refractivity contribution in [2.75, 3.05) is 11.9 Å². The van der Waals surface area contributed by atoms with E-state index in [1.807, 2.05) is 35.0 Å². The summed E-state index contributed by atoms with van der Waals surface area (Å²) in [6, 6.07) is 12.0. The summed E-state index contributed by atoms with van der Waals surface area (Å²) >= 11 is 9.19. The number of carbonyl (C=O) groups excluding carboxylic acids is 1. The zero-order valence-corrected chi connectivity index (χ0v) is 19.4. The molecule has 5 rings (SSSR count). The number of rotatable bonds is 2. The molecule has 0 spiro atoms. The number of hydrogen-bond donors (Lipinski definition) is 0. The van der Waals surface area contributed by atoms with Gasteiger partial charge in [0.15, 0.2) is 5.17 Å². The minimum atomic E-state index is -0.300. The molecule has 2 fully saturated rings. The first-order chi connectivity index (χ1) is 15.0. The first kappa shape index (κ1) is 20.9. The van der Waals surface area contributed by atoms with Crippen molar-refractivity contribution < 1.29 is 9.18 Å². The van der Waals surface area contributed by atoms with E-state index in [1.165, 1.54) is 30.3 Å². The Kier molecular flexibility index (Phi) is 5.75. The number of anilines is 1. The van der Waals surface area contributed by atoms with Gasteiger partial charge in [0, 0.05) is 23.0 Å². The van der Waals surface area contributed by atoms with Gasteiger partial charge >= 0.3 is 0 Å². The van der Waals surface area contributed by atoms with Gasteiger partial charge in [0.2, 0.25) is 0 Å². The number of hydrogen-bond acceptors (Lipinski definition) is 5. The van der Waals surface area contributed by atoms with Gasteiger partial charge in [-0.25, -0.2) is 9.38 Å². The Hall–Kier alpha value is -1.96. The summed E-state index contributed by atoms with van der Waals surface area (Å²) < 4.78 is 13.4. The molecule has 4 nitrogen and oxygen atoms in total. The molecule has 2 aromatic rings. The summed E-state index contributed by atoms with van der Waals surface area (Å²) in [4.78, 5) is 24.1. The van der Waals surface area contributed by atoms with Gasteiger partial charge in [-0.15, -0.1) is 0 Å². The first-order valence-corrected chi connectivity index (χ1v) is 12.3.